The van der Waals surface area contributed by atoms with Crippen molar-refractivity contribution in [3.8, 4) is 0 Å². The van der Waals surface area contributed by atoms with Crippen molar-refractivity contribution in [2.24, 2.45) is 5.10 Å². The fraction of sp³-hybridized carbons (Fsp3) is 0.0833. The summed E-state index contributed by atoms with van der Waals surface area (Å²) in [5.41, 5.74) is 8.41. The van der Waals surface area contributed by atoms with Crippen LogP contribution in [0.3, 0.4) is 0 Å². The first-order valence-electron chi connectivity index (χ1n) is 9.73. The summed E-state index contributed by atoms with van der Waals surface area (Å²) in [5, 5.41) is 5.23. The minimum Gasteiger partial charge on any atom is -0.314 e. The quantitative estimate of drug-likeness (QED) is 0.366. The number of aromatic nitrogens is 3. The van der Waals surface area contributed by atoms with Crippen LogP contribution < -0.4 is 5.43 Å². The van der Waals surface area contributed by atoms with Crippen molar-refractivity contribution in [2.75, 3.05) is 0 Å². The van der Waals surface area contributed by atoms with Gasteiger partial charge in [0.05, 0.1) is 22.3 Å². The Morgan fingerprint density at radius 2 is 1.57 bits per heavy atom. The van der Waals surface area contributed by atoms with E-state index in [1.807, 2.05) is 90.4 Å². The summed E-state index contributed by atoms with van der Waals surface area (Å²) in [7, 11) is 0. The maximum absolute atomic E-state index is 12.7. The van der Waals surface area contributed by atoms with Crippen LogP contribution in [0.4, 0.5) is 0 Å². The number of nitrogens with zero attached hydrogens (tertiary/aromatic N) is 4. The van der Waals surface area contributed by atoms with Crippen LogP contribution >= 0.6 is 0 Å². The predicted octanol–water partition coefficient (Wildman–Crippen LogP) is 4.28. The topological polar surface area (TPSA) is 72.2 Å². The molecular weight excluding hydrogens is 374 g/mol. The van der Waals surface area contributed by atoms with Gasteiger partial charge in [0.15, 0.2) is 5.65 Å². The maximum atomic E-state index is 12.7. The number of rotatable bonds is 4. The van der Waals surface area contributed by atoms with Crippen LogP contribution in [0.5, 0.6) is 0 Å². The molecule has 0 aliphatic carbocycles. The van der Waals surface area contributed by atoms with E-state index in [9.17, 15) is 4.79 Å². The van der Waals surface area contributed by atoms with Crippen molar-refractivity contribution in [3.05, 3.63) is 84.4 Å². The number of para-hydroxylation sites is 3. The SMILES string of the molecule is C/C(=N\NC(=O)Cn1c2ccccc2c2nc3ccccc3nc21)c1ccccc1. The van der Waals surface area contributed by atoms with E-state index in [4.69, 9.17) is 9.97 Å². The van der Waals surface area contributed by atoms with Crippen molar-refractivity contribution < 1.29 is 4.79 Å². The van der Waals surface area contributed by atoms with Crippen LogP contribution in [-0.2, 0) is 11.3 Å². The van der Waals surface area contributed by atoms with E-state index >= 15 is 0 Å². The summed E-state index contributed by atoms with van der Waals surface area (Å²) in [6.07, 6.45) is 0. The molecule has 2 heterocycles. The van der Waals surface area contributed by atoms with E-state index in [1.54, 1.807) is 0 Å². The van der Waals surface area contributed by atoms with Gasteiger partial charge in [-0.25, -0.2) is 15.4 Å². The lowest BCUT2D eigenvalue weighted by Gasteiger charge is -2.07. The number of hydrogen-bond acceptors (Lipinski definition) is 4. The van der Waals surface area contributed by atoms with Gasteiger partial charge >= 0.3 is 0 Å². The van der Waals surface area contributed by atoms with E-state index in [-0.39, 0.29) is 12.5 Å². The first-order valence-corrected chi connectivity index (χ1v) is 9.73. The first kappa shape index (κ1) is 18.0. The third-order valence-electron chi connectivity index (χ3n) is 5.10. The molecule has 5 aromatic rings. The van der Waals surface area contributed by atoms with Gasteiger partial charge in [0.2, 0.25) is 0 Å². The van der Waals surface area contributed by atoms with Crippen LogP contribution in [0.2, 0.25) is 0 Å². The second kappa shape index (κ2) is 7.40. The minimum absolute atomic E-state index is 0.0998. The van der Waals surface area contributed by atoms with Gasteiger partial charge in [-0.2, -0.15) is 5.10 Å². The molecule has 2 aromatic heterocycles. The second-order valence-electron chi connectivity index (χ2n) is 7.09. The average molecular weight is 393 g/mol. The highest BCUT2D eigenvalue weighted by atomic mass is 16.2. The fourth-order valence-corrected chi connectivity index (χ4v) is 3.61. The molecule has 0 aliphatic heterocycles. The summed E-state index contributed by atoms with van der Waals surface area (Å²) < 4.78 is 1.90. The monoisotopic (exact) mass is 393 g/mol. The number of benzene rings is 3. The Labute approximate surface area is 172 Å². The van der Waals surface area contributed by atoms with Crippen LogP contribution in [0.1, 0.15) is 12.5 Å². The van der Waals surface area contributed by atoms with Crippen molar-refractivity contribution in [1.82, 2.24) is 20.0 Å². The number of nitrogens with one attached hydrogen (secondary N) is 1. The van der Waals surface area contributed by atoms with E-state index in [1.165, 1.54) is 0 Å². The van der Waals surface area contributed by atoms with Gasteiger partial charge in [-0.3, -0.25) is 4.79 Å². The summed E-state index contributed by atoms with van der Waals surface area (Å²) in [6, 6.07) is 25.4. The molecule has 0 atom stereocenters. The molecule has 6 heteroatoms. The molecule has 0 bridgehead atoms. The van der Waals surface area contributed by atoms with Crippen LogP contribution in [0.15, 0.2) is 84.0 Å². The Balaban J connectivity index is 1.53. The number of hydrazone groups is 1. The lowest BCUT2D eigenvalue weighted by Crippen LogP contribution is -2.24. The molecule has 30 heavy (non-hydrogen) atoms. The van der Waals surface area contributed by atoms with Crippen LogP contribution in [0, 0.1) is 0 Å². The minimum atomic E-state index is -0.220. The largest absolute Gasteiger partial charge is 0.314 e. The van der Waals surface area contributed by atoms with E-state index in [0.29, 0.717) is 5.65 Å². The zero-order valence-electron chi connectivity index (χ0n) is 16.4. The van der Waals surface area contributed by atoms with Gasteiger partial charge in [0, 0.05) is 5.39 Å². The Hall–Kier alpha value is -4.06. The Kier molecular flexibility index (Phi) is 4.44. The van der Waals surface area contributed by atoms with Crippen LogP contribution in [-0.4, -0.2) is 26.2 Å². The molecule has 0 saturated heterocycles. The van der Waals surface area contributed by atoms with E-state index in [2.05, 4.69) is 10.5 Å². The average Bonchev–Trinajstić information content (AvgIpc) is 3.09. The van der Waals surface area contributed by atoms with Crippen molar-refractivity contribution in [1.29, 1.82) is 0 Å². The molecule has 3 aromatic carbocycles. The third-order valence-corrected chi connectivity index (χ3v) is 5.10. The lowest BCUT2D eigenvalue weighted by atomic mass is 10.1. The number of fused-ring (bicyclic) bond motifs is 4. The zero-order valence-corrected chi connectivity index (χ0v) is 16.4. The number of carbonyl (C=O) groups is 1. The van der Waals surface area contributed by atoms with E-state index in [0.717, 1.165) is 38.7 Å². The smallest absolute Gasteiger partial charge is 0.260 e. The molecule has 0 saturated carbocycles. The third kappa shape index (κ3) is 3.18. The molecule has 1 amide bonds. The van der Waals surface area contributed by atoms with Crippen LogP contribution in [0.25, 0.3) is 33.1 Å². The Bertz CT molecular complexity index is 1420. The Morgan fingerprint density at radius 3 is 2.37 bits per heavy atom. The first-order chi connectivity index (χ1) is 14.7. The van der Waals surface area contributed by atoms with Gasteiger partial charge in [-0.05, 0) is 30.7 Å². The van der Waals surface area contributed by atoms with Gasteiger partial charge in [-0.15, -0.1) is 0 Å². The highest BCUT2D eigenvalue weighted by Gasteiger charge is 2.16. The van der Waals surface area contributed by atoms with Crippen molar-refractivity contribution >= 4 is 44.7 Å². The molecule has 0 aliphatic rings. The summed E-state index contributed by atoms with van der Waals surface area (Å²) >= 11 is 0. The molecule has 0 spiro atoms. The standard InChI is InChI=1S/C24H19N5O/c1-16(17-9-3-2-4-10-17)27-28-22(30)15-29-21-14-8-5-11-18(21)23-24(29)26-20-13-7-6-12-19(20)25-23/h2-14H,15H2,1H3,(H,28,30)/b27-16+. The molecule has 0 unspecified atom stereocenters. The number of hydrogen-bond donors (Lipinski definition) is 1. The molecule has 6 nitrogen and oxygen atoms in total. The number of amides is 1. The maximum Gasteiger partial charge on any atom is 0.260 e. The summed E-state index contributed by atoms with van der Waals surface area (Å²) in [6.45, 7) is 1.97. The van der Waals surface area contributed by atoms with Crippen molar-refractivity contribution in [3.63, 3.8) is 0 Å². The van der Waals surface area contributed by atoms with Gasteiger partial charge in [0.25, 0.3) is 5.91 Å². The van der Waals surface area contributed by atoms with Crippen molar-refractivity contribution in [2.45, 2.75) is 13.5 Å². The highest BCUT2D eigenvalue weighted by molar-refractivity contribution is 6.07. The molecule has 0 radical (unpaired) electrons. The molecule has 0 fully saturated rings. The zero-order chi connectivity index (χ0) is 20.5. The lowest BCUT2D eigenvalue weighted by molar-refractivity contribution is -0.121. The summed E-state index contributed by atoms with van der Waals surface area (Å²) in [4.78, 5) is 22.3. The summed E-state index contributed by atoms with van der Waals surface area (Å²) in [5.74, 6) is -0.220. The Morgan fingerprint density at radius 1 is 0.900 bits per heavy atom. The number of carbonyl (C=O) groups excluding carboxylic acids is 1. The molecule has 5 rings (SSSR count). The second-order valence-corrected chi connectivity index (χ2v) is 7.09. The molecule has 1 N–H and O–H groups in total. The van der Waals surface area contributed by atoms with E-state index < -0.39 is 0 Å². The highest BCUT2D eigenvalue weighted by Crippen LogP contribution is 2.27. The predicted molar refractivity (Wildman–Crippen MR) is 119 cm³/mol. The molecular formula is C24H19N5O. The van der Waals surface area contributed by atoms with Gasteiger partial charge in [-0.1, -0.05) is 60.7 Å². The van der Waals surface area contributed by atoms with Gasteiger partial charge < -0.3 is 4.57 Å². The molecule has 146 valence electrons. The normalized spacial score (nSPS) is 12.0. The fourth-order valence-electron chi connectivity index (χ4n) is 3.61. The van der Waals surface area contributed by atoms with Gasteiger partial charge in [0.1, 0.15) is 12.1 Å².